The van der Waals surface area contributed by atoms with E-state index in [4.69, 9.17) is 0 Å². The van der Waals surface area contributed by atoms with Gasteiger partial charge in [-0.05, 0) is 30.7 Å². The van der Waals surface area contributed by atoms with Crippen molar-refractivity contribution in [1.82, 2.24) is 9.88 Å². The smallest absolute Gasteiger partial charge is 0.253 e. The highest BCUT2D eigenvalue weighted by atomic mass is 16.2. The van der Waals surface area contributed by atoms with Crippen LogP contribution in [0.1, 0.15) is 23.7 Å². The summed E-state index contributed by atoms with van der Waals surface area (Å²) in [4.78, 5) is 16.9. The molecule has 1 amide bonds. The maximum absolute atomic E-state index is 12.0. The summed E-state index contributed by atoms with van der Waals surface area (Å²) in [5, 5.41) is 1.08. The number of hydrogen-bond donors (Lipinski definition) is 1. The second-order valence-corrected chi connectivity index (χ2v) is 4.01. The van der Waals surface area contributed by atoms with Crippen molar-refractivity contribution >= 4 is 16.8 Å². The van der Waals surface area contributed by atoms with Crippen LogP contribution in [0.2, 0.25) is 0 Å². The summed E-state index contributed by atoms with van der Waals surface area (Å²) in [7, 11) is 1.84. The van der Waals surface area contributed by atoms with Crippen molar-refractivity contribution in [1.29, 1.82) is 0 Å². The molecule has 0 saturated heterocycles. The van der Waals surface area contributed by atoms with E-state index in [0.717, 1.165) is 29.4 Å². The monoisotopic (exact) mass is 216 g/mol. The Kier molecular flexibility index (Phi) is 2.95. The van der Waals surface area contributed by atoms with Gasteiger partial charge in [0.1, 0.15) is 0 Å². The molecule has 0 radical (unpaired) electrons. The van der Waals surface area contributed by atoms with Crippen LogP contribution in [0.3, 0.4) is 0 Å². The summed E-state index contributed by atoms with van der Waals surface area (Å²) in [6.07, 6.45) is 2.86. The molecule has 0 bridgehead atoms. The second kappa shape index (κ2) is 4.39. The maximum Gasteiger partial charge on any atom is 0.253 e. The zero-order valence-corrected chi connectivity index (χ0v) is 9.66. The van der Waals surface area contributed by atoms with Gasteiger partial charge in [-0.1, -0.05) is 6.92 Å². The van der Waals surface area contributed by atoms with Crippen LogP contribution in [0.4, 0.5) is 0 Å². The van der Waals surface area contributed by atoms with Crippen molar-refractivity contribution in [2.24, 2.45) is 0 Å². The molecular weight excluding hydrogens is 200 g/mol. The number of H-pyrrole nitrogens is 1. The first-order valence-electron chi connectivity index (χ1n) is 5.55. The lowest BCUT2D eigenvalue weighted by atomic mass is 10.1. The topological polar surface area (TPSA) is 36.1 Å². The van der Waals surface area contributed by atoms with Crippen molar-refractivity contribution in [3.63, 3.8) is 0 Å². The zero-order chi connectivity index (χ0) is 11.5. The van der Waals surface area contributed by atoms with E-state index < -0.39 is 0 Å². The SMILES string of the molecule is CCCN(C)C(=O)c1ccc2[nH]ccc2c1. The third-order valence-electron chi connectivity index (χ3n) is 2.71. The average Bonchev–Trinajstić information content (AvgIpc) is 2.75. The van der Waals surface area contributed by atoms with Gasteiger partial charge >= 0.3 is 0 Å². The number of hydrogen-bond acceptors (Lipinski definition) is 1. The van der Waals surface area contributed by atoms with Gasteiger partial charge in [0.25, 0.3) is 5.91 Å². The van der Waals surface area contributed by atoms with Gasteiger partial charge in [-0.15, -0.1) is 0 Å². The van der Waals surface area contributed by atoms with Gasteiger partial charge in [0.2, 0.25) is 0 Å². The van der Waals surface area contributed by atoms with Crippen molar-refractivity contribution in [2.75, 3.05) is 13.6 Å². The van der Waals surface area contributed by atoms with Crippen LogP contribution in [0.15, 0.2) is 30.5 Å². The minimum Gasteiger partial charge on any atom is -0.361 e. The van der Waals surface area contributed by atoms with Gasteiger partial charge in [0.05, 0.1) is 0 Å². The molecule has 1 N–H and O–H groups in total. The number of aromatic amines is 1. The van der Waals surface area contributed by atoms with E-state index in [1.165, 1.54) is 0 Å². The first-order chi connectivity index (χ1) is 7.72. The highest BCUT2D eigenvalue weighted by Gasteiger charge is 2.10. The number of nitrogens with one attached hydrogen (secondary N) is 1. The van der Waals surface area contributed by atoms with Crippen LogP contribution in [-0.2, 0) is 0 Å². The normalized spacial score (nSPS) is 10.6. The Bertz CT molecular complexity index is 501. The molecule has 3 heteroatoms. The molecule has 0 aliphatic heterocycles. The standard InChI is InChI=1S/C13H16N2O/c1-3-8-15(2)13(16)11-4-5-12-10(9-11)6-7-14-12/h4-7,9,14H,3,8H2,1-2H3. The van der Waals surface area contributed by atoms with Crippen LogP contribution in [-0.4, -0.2) is 29.4 Å². The minimum atomic E-state index is 0.0879. The molecule has 2 aromatic rings. The van der Waals surface area contributed by atoms with Crippen molar-refractivity contribution in [2.45, 2.75) is 13.3 Å². The Hall–Kier alpha value is -1.77. The molecule has 3 nitrogen and oxygen atoms in total. The number of benzene rings is 1. The Morgan fingerprint density at radius 2 is 2.19 bits per heavy atom. The number of fused-ring (bicyclic) bond motifs is 1. The van der Waals surface area contributed by atoms with Crippen LogP contribution in [0, 0.1) is 0 Å². The molecule has 0 saturated carbocycles. The summed E-state index contributed by atoms with van der Waals surface area (Å²) in [5.41, 5.74) is 1.82. The molecule has 0 aliphatic carbocycles. The Labute approximate surface area is 95.1 Å². The highest BCUT2D eigenvalue weighted by Crippen LogP contribution is 2.15. The third-order valence-corrected chi connectivity index (χ3v) is 2.71. The molecule has 0 aliphatic rings. The molecule has 0 spiro atoms. The fourth-order valence-electron chi connectivity index (χ4n) is 1.84. The minimum absolute atomic E-state index is 0.0879. The Balaban J connectivity index is 2.28. The van der Waals surface area contributed by atoms with E-state index in [9.17, 15) is 4.79 Å². The number of aromatic nitrogens is 1. The predicted molar refractivity (Wildman–Crippen MR) is 65.6 cm³/mol. The quantitative estimate of drug-likeness (QED) is 0.841. The molecule has 2 rings (SSSR count). The molecule has 1 heterocycles. The van der Waals surface area contributed by atoms with Gasteiger partial charge < -0.3 is 9.88 Å². The van der Waals surface area contributed by atoms with E-state index >= 15 is 0 Å². The summed E-state index contributed by atoms with van der Waals surface area (Å²) in [5.74, 6) is 0.0879. The number of nitrogens with zero attached hydrogens (tertiary/aromatic N) is 1. The summed E-state index contributed by atoms with van der Waals surface area (Å²) < 4.78 is 0. The zero-order valence-electron chi connectivity index (χ0n) is 9.66. The fourth-order valence-corrected chi connectivity index (χ4v) is 1.84. The number of amides is 1. The van der Waals surface area contributed by atoms with Crippen LogP contribution < -0.4 is 0 Å². The molecule has 0 fully saturated rings. The first kappa shape index (κ1) is 10.7. The Morgan fingerprint density at radius 1 is 1.38 bits per heavy atom. The lowest BCUT2D eigenvalue weighted by Crippen LogP contribution is -2.27. The van der Waals surface area contributed by atoms with Crippen molar-refractivity contribution in [3.05, 3.63) is 36.0 Å². The maximum atomic E-state index is 12.0. The number of carbonyl (C=O) groups excluding carboxylic acids is 1. The molecule has 16 heavy (non-hydrogen) atoms. The largest absolute Gasteiger partial charge is 0.361 e. The fraction of sp³-hybridized carbons (Fsp3) is 0.308. The predicted octanol–water partition coefficient (Wildman–Crippen LogP) is 2.65. The third kappa shape index (κ3) is 1.94. The number of rotatable bonds is 3. The molecule has 1 aromatic heterocycles. The van der Waals surface area contributed by atoms with E-state index in [1.807, 2.05) is 37.5 Å². The van der Waals surface area contributed by atoms with E-state index in [2.05, 4.69) is 11.9 Å². The van der Waals surface area contributed by atoms with Crippen molar-refractivity contribution < 1.29 is 4.79 Å². The van der Waals surface area contributed by atoms with Gasteiger partial charge in [-0.3, -0.25) is 4.79 Å². The van der Waals surface area contributed by atoms with Gasteiger partial charge in [0, 0.05) is 36.3 Å². The summed E-state index contributed by atoms with van der Waals surface area (Å²) in [6.45, 7) is 2.86. The molecule has 0 unspecified atom stereocenters. The van der Waals surface area contributed by atoms with E-state index in [0.29, 0.717) is 0 Å². The van der Waals surface area contributed by atoms with Gasteiger partial charge in [0.15, 0.2) is 0 Å². The lowest BCUT2D eigenvalue weighted by molar-refractivity contribution is 0.0795. The molecular formula is C13H16N2O. The van der Waals surface area contributed by atoms with Crippen LogP contribution in [0.25, 0.3) is 10.9 Å². The number of carbonyl (C=O) groups is 1. The average molecular weight is 216 g/mol. The van der Waals surface area contributed by atoms with Crippen LogP contribution in [0.5, 0.6) is 0 Å². The lowest BCUT2D eigenvalue weighted by Gasteiger charge is -2.15. The van der Waals surface area contributed by atoms with Gasteiger partial charge in [-0.25, -0.2) is 0 Å². The molecule has 0 atom stereocenters. The summed E-state index contributed by atoms with van der Waals surface area (Å²) in [6, 6.07) is 7.72. The second-order valence-electron chi connectivity index (χ2n) is 4.01. The van der Waals surface area contributed by atoms with Crippen molar-refractivity contribution in [3.8, 4) is 0 Å². The van der Waals surface area contributed by atoms with Gasteiger partial charge in [-0.2, -0.15) is 0 Å². The van der Waals surface area contributed by atoms with E-state index in [-0.39, 0.29) is 5.91 Å². The van der Waals surface area contributed by atoms with E-state index in [1.54, 1.807) is 4.90 Å². The molecule has 1 aromatic carbocycles. The Morgan fingerprint density at radius 3 is 2.94 bits per heavy atom. The molecule has 84 valence electrons. The summed E-state index contributed by atoms with van der Waals surface area (Å²) >= 11 is 0. The first-order valence-corrected chi connectivity index (χ1v) is 5.55. The van der Waals surface area contributed by atoms with Crippen LogP contribution >= 0.6 is 0 Å². The highest BCUT2D eigenvalue weighted by molar-refractivity contribution is 5.97.